The van der Waals surface area contributed by atoms with E-state index in [2.05, 4.69) is 4.98 Å². The molecule has 2 rings (SSSR count). The second kappa shape index (κ2) is 6.31. The molecular weight excluding hydrogens is 228 g/mol. The number of ether oxygens (including phenoxy) is 1. The summed E-state index contributed by atoms with van der Waals surface area (Å²) in [6.07, 6.45) is 9.13. The number of hydrogen-bond acceptors (Lipinski definition) is 3. The average molecular weight is 246 g/mol. The highest BCUT2D eigenvalue weighted by molar-refractivity contribution is 5.91. The zero-order valence-corrected chi connectivity index (χ0v) is 10.6. The van der Waals surface area contributed by atoms with Crippen molar-refractivity contribution in [3.05, 3.63) is 36.2 Å². The highest BCUT2D eigenvalue weighted by Crippen LogP contribution is 2.12. The summed E-state index contributed by atoms with van der Waals surface area (Å²) in [6.45, 7) is 1.48. The second-order valence-corrected chi connectivity index (χ2v) is 4.47. The van der Waals surface area contributed by atoms with Gasteiger partial charge in [0.2, 0.25) is 5.91 Å². The van der Waals surface area contributed by atoms with E-state index >= 15 is 0 Å². The summed E-state index contributed by atoms with van der Waals surface area (Å²) in [7, 11) is 1.80. The highest BCUT2D eigenvalue weighted by atomic mass is 16.5. The van der Waals surface area contributed by atoms with Crippen molar-refractivity contribution in [1.82, 2.24) is 9.88 Å². The molecule has 1 amide bonds. The molecule has 4 heteroatoms. The largest absolute Gasteiger partial charge is 0.376 e. The van der Waals surface area contributed by atoms with Crippen molar-refractivity contribution in [2.45, 2.75) is 18.9 Å². The molecule has 0 aromatic carbocycles. The van der Waals surface area contributed by atoms with Crippen molar-refractivity contribution in [2.75, 3.05) is 20.2 Å². The maximum absolute atomic E-state index is 11.9. The predicted octanol–water partition coefficient (Wildman–Crippen LogP) is 1.73. The fraction of sp³-hybridized carbons (Fsp3) is 0.429. The van der Waals surface area contributed by atoms with Crippen LogP contribution in [0.4, 0.5) is 0 Å². The quantitative estimate of drug-likeness (QED) is 0.760. The van der Waals surface area contributed by atoms with Crippen molar-refractivity contribution in [3.63, 3.8) is 0 Å². The lowest BCUT2D eigenvalue weighted by Gasteiger charge is -2.19. The summed E-state index contributed by atoms with van der Waals surface area (Å²) >= 11 is 0. The summed E-state index contributed by atoms with van der Waals surface area (Å²) in [5, 5.41) is 0. The first-order valence-electron chi connectivity index (χ1n) is 6.20. The molecule has 4 nitrogen and oxygen atoms in total. The van der Waals surface area contributed by atoms with Crippen LogP contribution in [0, 0.1) is 0 Å². The summed E-state index contributed by atoms with van der Waals surface area (Å²) < 4.78 is 5.51. The van der Waals surface area contributed by atoms with E-state index in [9.17, 15) is 4.79 Å². The maximum atomic E-state index is 11.9. The topological polar surface area (TPSA) is 42.4 Å². The smallest absolute Gasteiger partial charge is 0.246 e. The number of hydrogen-bond donors (Lipinski definition) is 0. The van der Waals surface area contributed by atoms with Crippen molar-refractivity contribution in [1.29, 1.82) is 0 Å². The molecule has 0 bridgehead atoms. The first-order valence-corrected chi connectivity index (χ1v) is 6.20. The normalized spacial score (nSPS) is 19.3. The van der Waals surface area contributed by atoms with Gasteiger partial charge < -0.3 is 9.64 Å². The van der Waals surface area contributed by atoms with Crippen LogP contribution in [0.1, 0.15) is 18.4 Å². The van der Waals surface area contributed by atoms with E-state index in [0.29, 0.717) is 6.54 Å². The fourth-order valence-corrected chi connectivity index (χ4v) is 1.95. The van der Waals surface area contributed by atoms with Gasteiger partial charge in [0, 0.05) is 38.7 Å². The lowest BCUT2D eigenvalue weighted by atomic mass is 10.2. The Bertz CT molecular complexity index is 411. The second-order valence-electron chi connectivity index (χ2n) is 4.47. The number of likely N-dealkylation sites (N-methyl/N-ethyl adjacent to an activating group) is 1. The molecule has 1 aliphatic rings. The fourth-order valence-electron chi connectivity index (χ4n) is 1.95. The van der Waals surface area contributed by atoms with Crippen molar-refractivity contribution >= 4 is 12.0 Å². The van der Waals surface area contributed by atoms with E-state index in [1.807, 2.05) is 12.1 Å². The molecule has 0 N–H and O–H groups in total. The SMILES string of the molecule is CN(CC1CCCO1)C(=O)/C=C/c1cccnc1. The molecular formula is C14H18N2O2. The molecule has 2 heterocycles. The first-order chi connectivity index (χ1) is 8.75. The molecule has 1 aromatic rings. The molecule has 1 atom stereocenters. The molecule has 1 aromatic heterocycles. The standard InChI is InChI=1S/C14H18N2O2/c1-16(11-13-5-3-9-18-13)14(17)7-6-12-4-2-8-15-10-12/h2,4,6-8,10,13H,3,5,9,11H2,1H3/b7-6+. The van der Waals surface area contributed by atoms with Crippen LogP contribution in [0.25, 0.3) is 6.08 Å². The molecule has 1 aliphatic heterocycles. The summed E-state index contributed by atoms with van der Waals surface area (Å²) in [4.78, 5) is 17.6. The van der Waals surface area contributed by atoms with Gasteiger partial charge in [-0.15, -0.1) is 0 Å². The molecule has 96 valence electrons. The van der Waals surface area contributed by atoms with Crippen LogP contribution in [0.15, 0.2) is 30.6 Å². The Balaban J connectivity index is 1.85. The Morgan fingerprint density at radius 3 is 3.22 bits per heavy atom. The van der Waals surface area contributed by atoms with Gasteiger partial charge in [-0.2, -0.15) is 0 Å². The summed E-state index contributed by atoms with van der Waals surface area (Å²) in [6, 6.07) is 3.76. The van der Waals surface area contributed by atoms with Crippen LogP contribution < -0.4 is 0 Å². The van der Waals surface area contributed by atoms with Crippen LogP contribution >= 0.6 is 0 Å². The molecule has 1 saturated heterocycles. The van der Waals surface area contributed by atoms with Gasteiger partial charge in [-0.05, 0) is 30.5 Å². The molecule has 18 heavy (non-hydrogen) atoms. The average Bonchev–Trinajstić information content (AvgIpc) is 2.90. The van der Waals surface area contributed by atoms with E-state index in [1.165, 1.54) is 0 Å². The maximum Gasteiger partial charge on any atom is 0.246 e. The number of carbonyl (C=O) groups excluding carboxylic acids is 1. The monoisotopic (exact) mass is 246 g/mol. The Hall–Kier alpha value is -1.68. The number of rotatable bonds is 4. The van der Waals surface area contributed by atoms with Crippen LogP contribution in [0.5, 0.6) is 0 Å². The summed E-state index contributed by atoms with van der Waals surface area (Å²) in [5.41, 5.74) is 0.927. The third-order valence-corrected chi connectivity index (χ3v) is 2.98. The minimum absolute atomic E-state index is 0.00523. The molecule has 1 fully saturated rings. The van der Waals surface area contributed by atoms with Gasteiger partial charge in [0.05, 0.1) is 6.10 Å². The van der Waals surface area contributed by atoms with Gasteiger partial charge in [0.1, 0.15) is 0 Å². The van der Waals surface area contributed by atoms with Crippen molar-refractivity contribution in [3.8, 4) is 0 Å². The number of pyridine rings is 1. The molecule has 0 aliphatic carbocycles. The third-order valence-electron chi connectivity index (χ3n) is 2.98. The number of aromatic nitrogens is 1. The highest BCUT2D eigenvalue weighted by Gasteiger charge is 2.18. The van der Waals surface area contributed by atoms with Crippen molar-refractivity contribution < 1.29 is 9.53 Å². The molecule has 0 radical (unpaired) electrons. The predicted molar refractivity (Wildman–Crippen MR) is 69.9 cm³/mol. The summed E-state index contributed by atoms with van der Waals surface area (Å²) in [5.74, 6) is -0.00523. The molecule has 0 spiro atoms. The Morgan fingerprint density at radius 1 is 1.67 bits per heavy atom. The minimum Gasteiger partial charge on any atom is -0.376 e. The van der Waals surface area contributed by atoms with Gasteiger partial charge in [0.25, 0.3) is 0 Å². The van der Waals surface area contributed by atoms with Crippen LogP contribution in [-0.2, 0) is 9.53 Å². The Labute approximate surface area is 107 Å². The Kier molecular flexibility index (Phi) is 4.47. The zero-order chi connectivity index (χ0) is 12.8. The van der Waals surface area contributed by atoms with Crippen LogP contribution in [-0.4, -0.2) is 42.1 Å². The minimum atomic E-state index is -0.00523. The molecule has 0 saturated carbocycles. The lowest BCUT2D eigenvalue weighted by Crippen LogP contribution is -2.32. The van der Waals surface area contributed by atoms with Crippen LogP contribution in [0.3, 0.4) is 0 Å². The first kappa shape index (κ1) is 12.8. The van der Waals surface area contributed by atoms with Gasteiger partial charge in [-0.25, -0.2) is 0 Å². The van der Waals surface area contributed by atoms with Crippen LogP contribution in [0.2, 0.25) is 0 Å². The van der Waals surface area contributed by atoms with E-state index in [0.717, 1.165) is 25.0 Å². The zero-order valence-electron chi connectivity index (χ0n) is 10.6. The number of amides is 1. The van der Waals surface area contributed by atoms with E-state index in [4.69, 9.17) is 4.74 Å². The molecule has 1 unspecified atom stereocenters. The van der Waals surface area contributed by atoms with E-state index in [1.54, 1.807) is 36.5 Å². The van der Waals surface area contributed by atoms with Gasteiger partial charge in [-0.3, -0.25) is 9.78 Å². The van der Waals surface area contributed by atoms with Crippen molar-refractivity contribution in [2.24, 2.45) is 0 Å². The number of nitrogens with zero attached hydrogens (tertiary/aromatic N) is 2. The van der Waals surface area contributed by atoms with Gasteiger partial charge in [0.15, 0.2) is 0 Å². The van der Waals surface area contributed by atoms with E-state index in [-0.39, 0.29) is 12.0 Å². The van der Waals surface area contributed by atoms with E-state index < -0.39 is 0 Å². The lowest BCUT2D eigenvalue weighted by molar-refractivity contribution is -0.126. The van der Waals surface area contributed by atoms with Gasteiger partial charge >= 0.3 is 0 Å². The Morgan fingerprint density at radius 2 is 2.56 bits per heavy atom. The van der Waals surface area contributed by atoms with Gasteiger partial charge in [-0.1, -0.05) is 6.07 Å². The number of carbonyl (C=O) groups is 1. The third kappa shape index (κ3) is 3.67.